The lowest BCUT2D eigenvalue weighted by Crippen LogP contribution is -1.99. The van der Waals surface area contributed by atoms with Crippen molar-refractivity contribution in [1.29, 1.82) is 0 Å². The fraction of sp³-hybridized carbons (Fsp3) is 0.231. The van der Waals surface area contributed by atoms with Crippen molar-refractivity contribution in [3.63, 3.8) is 0 Å². The summed E-state index contributed by atoms with van der Waals surface area (Å²) < 4.78 is 10.2. The Morgan fingerprint density at radius 3 is 2.63 bits per heavy atom. The number of hydrogen-bond acceptors (Lipinski definition) is 4. The van der Waals surface area contributed by atoms with E-state index in [0.717, 1.165) is 12.0 Å². The lowest BCUT2D eigenvalue weighted by Gasteiger charge is -2.02. The first kappa shape index (κ1) is 13.9. The summed E-state index contributed by atoms with van der Waals surface area (Å²) in [6.45, 7) is 1.98. The molecule has 0 bridgehead atoms. The number of carbonyl (C=O) groups excluding carboxylic acids is 1. The molecule has 0 aliphatic carbocycles. The maximum Gasteiger partial charge on any atom is 0.409 e. The van der Waals surface area contributed by atoms with Gasteiger partial charge >= 0.3 is 5.43 Å². The molecule has 0 spiro atoms. The lowest BCUT2D eigenvalue weighted by molar-refractivity contribution is 0.224. The molecular formula is C13H11Cl2NO3. The molecule has 2 aromatic rings. The predicted octanol–water partition coefficient (Wildman–Crippen LogP) is 4.69. The van der Waals surface area contributed by atoms with Gasteiger partial charge in [0.15, 0.2) is 11.5 Å². The van der Waals surface area contributed by atoms with Gasteiger partial charge in [-0.3, -0.25) is 0 Å². The molecule has 0 saturated heterocycles. The molecule has 100 valence electrons. The summed E-state index contributed by atoms with van der Waals surface area (Å²) in [5.41, 5.74) is 0.258. The summed E-state index contributed by atoms with van der Waals surface area (Å²) in [4.78, 5) is 11.0. The minimum absolute atomic E-state index is 0.268. The van der Waals surface area contributed by atoms with Crippen molar-refractivity contribution >= 4 is 28.6 Å². The van der Waals surface area contributed by atoms with E-state index in [1.807, 2.05) is 6.92 Å². The van der Waals surface area contributed by atoms with Crippen LogP contribution in [0.15, 0.2) is 28.8 Å². The third-order valence-corrected chi connectivity index (χ3v) is 2.82. The van der Waals surface area contributed by atoms with Gasteiger partial charge in [0.2, 0.25) is 5.75 Å². The number of aryl methyl sites for hydroxylation is 1. The fourth-order valence-corrected chi connectivity index (χ4v) is 1.88. The second-order valence-electron chi connectivity index (χ2n) is 3.88. The van der Waals surface area contributed by atoms with Crippen LogP contribution >= 0.6 is 23.2 Å². The normalized spacial score (nSPS) is 10.5. The molecule has 0 fully saturated rings. The van der Waals surface area contributed by atoms with E-state index in [-0.39, 0.29) is 5.75 Å². The van der Waals surface area contributed by atoms with E-state index in [9.17, 15) is 4.79 Å². The second-order valence-corrected chi connectivity index (χ2v) is 4.63. The zero-order valence-electron chi connectivity index (χ0n) is 10.2. The molecule has 6 heteroatoms. The van der Waals surface area contributed by atoms with Crippen molar-refractivity contribution in [1.82, 2.24) is 5.16 Å². The van der Waals surface area contributed by atoms with Crippen LogP contribution in [0.25, 0.3) is 11.3 Å². The Bertz CT molecular complexity index is 578. The van der Waals surface area contributed by atoms with E-state index < -0.39 is 5.43 Å². The van der Waals surface area contributed by atoms with Crippen molar-refractivity contribution < 1.29 is 14.1 Å². The number of benzene rings is 1. The molecule has 0 saturated carbocycles. The molecule has 1 heterocycles. The third-order valence-electron chi connectivity index (χ3n) is 2.49. The van der Waals surface area contributed by atoms with E-state index in [4.69, 9.17) is 32.5 Å². The molecule has 4 nitrogen and oxygen atoms in total. The number of nitrogens with zero attached hydrogens (tertiary/aromatic N) is 1. The lowest BCUT2D eigenvalue weighted by atomic mass is 10.1. The van der Waals surface area contributed by atoms with E-state index >= 15 is 0 Å². The highest BCUT2D eigenvalue weighted by Crippen LogP contribution is 2.34. The van der Waals surface area contributed by atoms with Crippen LogP contribution in [-0.2, 0) is 6.42 Å². The Kier molecular flexibility index (Phi) is 4.45. The van der Waals surface area contributed by atoms with Crippen molar-refractivity contribution in [2.45, 2.75) is 19.8 Å². The largest absolute Gasteiger partial charge is 0.409 e. The van der Waals surface area contributed by atoms with Crippen LogP contribution in [0.1, 0.15) is 19.1 Å². The molecular weight excluding hydrogens is 289 g/mol. The van der Waals surface area contributed by atoms with Gasteiger partial charge in [-0.15, -0.1) is 0 Å². The zero-order valence-corrected chi connectivity index (χ0v) is 11.7. The molecule has 0 N–H and O–H groups in total. The van der Waals surface area contributed by atoms with Crippen LogP contribution in [-0.4, -0.2) is 10.6 Å². The van der Waals surface area contributed by atoms with Crippen molar-refractivity contribution in [2.24, 2.45) is 0 Å². The number of ether oxygens (including phenoxy) is 1. The zero-order chi connectivity index (χ0) is 13.8. The number of rotatable bonds is 4. The molecule has 2 rings (SSSR count). The summed E-state index contributed by atoms with van der Waals surface area (Å²) in [5.74, 6) is 0.769. The fourth-order valence-electron chi connectivity index (χ4n) is 1.68. The maximum atomic E-state index is 11.0. The molecule has 0 radical (unpaired) electrons. The Hall–Kier alpha value is -1.52. The minimum atomic E-state index is -0.921. The van der Waals surface area contributed by atoms with Gasteiger partial charge in [-0.05, 0) is 18.6 Å². The third kappa shape index (κ3) is 3.28. The number of halogens is 2. The molecule has 0 unspecified atom stereocenters. The van der Waals surface area contributed by atoms with E-state index in [2.05, 4.69) is 5.16 Å². The van der Waals surface area contributed by atoms with Gasteiger partial charge in [0, 0.05) is 28.6 Å². The maximum absolute atomic E-state index is 11.0. The standard InChI is InChI=1S/C13H11Cl2NO3/c1-2-3-10-12(18-13(15)17)11(16-19-10)8-4-6-9(14)7-5-8/h4-7H,2-3H2,1H3. The summed E-state index contributed by atoms with van der Waals surface area (Å²) in [5, 5.41) is 4.54. The van der Waals surface area contributed by atoms with Gasteiger partial charge in [0.1, 0.15) is 0 Å². The highest BCUT2D eigenvalue weighted by Gasteiger charge is 2.20. The average Bonchev–Trinajstić information content (AvgIpc) is 2.73. The topological polar surface area (TPSA) is 52.3 Å². The van der Waals surface area contributed by atoms with E-state index in [0.29, 0.717) is 22.9 Å². The van der Waals surface area contributed by atoms with Crippen LogP contribution in [0.2, 0.25) is 5.02 Å². The first-order chi connectivity index (χ1) is 9.11. The molecule has 0 aliphatic rings. The van der Waals surface area contributed by atoms with E-state index in [1.54, 1.807) is 24.3 Å². The summed E-state index contributed by atoms with van der Waals surface area (Å²) in [6, 6.07) is 6.97. The van der Waals surface area contributed by atoms with Crippen LogP contribution in [0, 0.1) is 0 Å². The molecule has 0 amide bonds. The van der Waals surface area contributed by atoms with Gasteiger partial charge in [-0.1, -0.05) is 35.8 Å². The highest BCUT2D eigenvalue weighted by atomic mass is 35.5. The first-order valence-electron chi connectivity index (χ1n) is 5.73. The molecule has 1 aromatic heterocycles. The van der Waals surface area contributed by atoms with Crippen molar-refractivity contribution in [2.75, 3.05) is 0 Å². The predicted molar refractivity (Wildman–Crippen MR) is 72.8 cm³/mol. The number of aromatic nitrogens is 1. The Morgan fingerprint density at radius 2 is 2.05 bits per heavy atom. The van der Waals surface area contributed by atoms with Gasteiger partial charge in [-0.25, -0.2) is 4.79 Å². The van der Waals surface area contributed by atoms with E-state index in [1.165, 1.54) is 0 Å². The summed E-state index contributed by atoms with van der Waals surface area (Å²) in [6.07, 6.45) is 1.45. The SMILES string of the molecule is CCCc1onc(-c2ccc(Cl)cc2)c1OC(=O)Cl. The molecule has 0 atom stereocenters. The first-order valence-corrected chi connectivity index (χ1v) is 6.49. The van der Waals surface area contributed by atoms with Gasteiger partial charge in [-0.2, -0.15) is 0 Å². The average molecular weight is 300 g/mol. The van der Waals surface area contributed by atoms with Crippen LogP contribution < -0.4 is 4.74 Å². The second kappa shape index (κ2) is 6.08. The number of hydrogen-bond donors (Lipinski definition) is 0. The number of carbonyl (C=O) groups is 1. The molecule has 1 aromatic carbocycles. The highest BCUT2D eigenvalue weighted by molar-refractivity contribution is 6.61. The quantitative estimate of drug-likeness (QED) is 0.769. The molecule has 0 aliphatic heterocycles. The van der Waals surface area contributed by atoms with Crippen molar-refractivity contribution in [3.05, 3.63) is 35.0 Å². The van der Waals surface area contributed by atoms with Crippen LogP contribution in [0.4, 0.5) is 4.79 Å². The monoisotopic (exact) mass is 299 g/mol. The smallest absolute Gasteiger partial charge is 0.408 e. The summed E-state index contributed by atoms with van der Waals surface area (Å²) >= 11 is 11.1. The minimum Gasteiger partial charge on any atom is -0.408 e. The molecule has 19 heavy (non-hydrogen) atoms. The Balaban J connectivity index is 2.44. The summed E-state index contributed by atoms with van der Waals surface area (Å²) in [7, 11) is 0. The Morgan fingerprint density at radius 1 is 1.37 bits per heavy atom. The van der Waals surface area contributed by atoms with Crippen molar-refractivity contribution in [3.8, 4) is 17.0 Å². The van der Waals surface area contributed by atoms with Gasteiger partial charge < -0.3 is 9.26 Å². The Labute approximate surface area is 120 Å². The van der Waals surface area contributed by atoms with Gasteiger partial charge in [0.05, 0.1) is 0 Å². The van der Waals surface area contributed by atoms with Crippen LogP contribution in [0.5, 0.6) is 5.75 Å². The van der Waals surface area contributed by atoms with Crippen LogP contribution in [0.3, 0.4) is 0 Å². The van der Waals surface area contributed by atoms with Gasteiger partial charge in [0.25, 0.3) is 0 Å².